The van der Waals surface area contributed by atoms with E-state index < -0.39 is 6.10 Å². The highest BCUT2D eigenvalue weighted by molar-refractivity contribution is 5.59. The molecule has 0 aromatic rings. The molecule has 2 fully saturated rings. The summed E-state index contributed by atoms with van der Waals surface area (Å²) in [6.45, 7) is 5.35. The highest BCUT2D eigenvalue weighted by Crippen LogP contribution is 2.33. The molecule has 4 N–H and O–H groups in total. The van der Waals surface area contributed by atoms with Crippen molar-refractivity contribution in [1.82, 2.24) is 21.1 Å². The Morgan fingerprint density at radius 1 is 1.30 bits per heavy atom. The molecule has 8 nitrogen and oxygen atoms in total. The lowest BCUT2D eigenvalue weighted by Gasteiger charge is -2.33. The Morgan fingerprint density at radius 3 is 2.89 bits per heavy atom. The maximum atomic E-state index is 10.1. The van der Waals surface area contributed by atoms with Crippen molar-refractivity contribution in [3.63, 3.8) is 0 Å². The second-order valence-corrected chi connectivity index (χ2v) is 8.08. The first-order valence-corrected chi connectivity index (χ1v) is 9.88. The molecule has 3 heterocycles. The summed E-state index contributed by atoms with van der Waals surface area (Å²) < 4.78 is 11.3. The van der Waals surface area contributed by atoms with Gasteiger partial charge in [0.2, 0.25) is 0 Å². The van der Waals surface area contributed by atoms with Gasteiger partial charge in [0, 0.05) is 38.6 Å². The van der Waals surface area contributed by atoms with Crippen molar-refractivity contribution < 1.29 is 14.6 Å². The third kappa shape index (κ3) is 3.85. The SMILES string of the molecule is CO[C@H]1CN(C2=C[C@H](C3NN[C@@H]4CC=C(OC(C)C)C[C@H]34)NC=N2)C[C@@H]1O. The predicted molar refractivity (Wildman–Crippen MR) is 103 cm³/mol. The largest absolute Gasteiger partial charge is 0.496 e. The van der Waals surface area contributed by atoms with Crippen LogP contribution in [-0.2, 0) is 9.47 Å². The van der Waals surface area contributed by atoms with Gasteiger partial charge in [-0.3, -0.25) is 10.9 Å². The van der Waals surface area contributed by atoms with Gasteiger partial charge in [0.15, 0.2) is 0 Å². The summed E-state index contributed by atoms with van der Waals surface area (Å²) in [5, 5.41) is 13.5. The van der Waals surface area contributed by atoms with Crippen LogP contribution in [0.3, 0.4) is 0 Å². The number of nitrogens with zero attached hydrogens (tertiary/aromatic N) is 2. The Kier molecular flexibility index (Phi) is 5.41. The monoisotopic (exact) mass is 377 g/mol. The van der Waals surface area contributed by atoms with E-state index >= 15 is 0 Å². The molecule has 6 atom stereocenters. The van der Waals surface area contributed by atoms with E-state index in [1.807, 2.05) is 0 Å². The zero-order valence-electron chi connectivity index (χ0n) is 16.3. The summed E-state index contributed by atoms with van der Waals surface area (Å²) in [5.74, 6) is 2.44. The minimum Gasteiger partial charge on any atom is -0.496 e. The number of ether oxygens (including phenoxy) is 2. The second kappa shape index (κ2) is 7.79. The Labute approximate surface area is 160 Å². The van der Waals surface area contributed by atoms with E-state index in [-0.39, 0.29) is 24.3 Å². The van der Waals surface area contributed by atoms with Gasteiger partial charge in [0.05, 0.1) is 36.4 Å². The van der Waals surface area contributed by atoms with E-state index in [0.29, 0.717) is 25.0 Å². The van der Waals surface area contributed by atoms with Crippen LogP contribution in [0.5, 0.6) is 0 Å². The van der Waals surface area contributed by atoms with Gasteiger partial charge in [-0.15, -0.1) is 0 Å². The van der Waals surface area contributed by atoms with Gasteiger partial charge in [-0.2, -0.15) is 0 Å². The maximum Gasteiger partial charge on any atom is 0.128 e. The third-order valence-corrected chi connectivity index (χ3v) is 5.88. The quantitative estimate of drug-likeness (QED) is 0.540. The lowest BCUT2D eigenvalue weighted by molar-refractivity contribution is 0.0215. The van der Waals surface area contributed by atoms with Crippen LogP contribution >= 0.6 is 0 Å². The Hall–Kier alpha value is -1.61. The van der Waals surface area contributed by atoms with E-state index in [9.17, 15) is 5.11 Å². The molecule has 0 aromatic heterocycles. The van der Waals surface area contributed by atoms with Gasteiger partial charge in [0.1, 0.15) is 11.9 Å². The molecule has 1 unspecified atom stereocenters. The van der Waals surface area contributed by atoms with Crippen molar-refractivity contribution >= 4 is 6.34 Å². The number of β-amino-alcohol motifs (C(OH)–C–C–N with tert-alkyl or cyclic N) is 1. The molecular weight excluding hydrogens is 346 g/mol. The minimum absolute atomic E-state index is 0.122. The second-order valence-electron chi connectivity index (χ2n) is 8.08. The molecular formula is C19H31N5O3. The van der Waals surface area contributed by atoms with Crippen LogP contribution in [0.2, 0.25) is 0 Å². The maximum absolute atomic E-state index is 10.1. The fraction of sp³-hybridized carbons (Fsp3) is 0.737. The number of nitrogens with one attached hydrogen (secondary N) is 3. The van der Waals surface area contributed by atoms with Crippen LogP contribution < -0.4 is 16.2 Å². The summed E-state index contributed by atoms with van der Waals surface area (Å²) in [6.07, 6.45) is 7.61. The molecule has 0 aromatic carbocycles. The van der Waals surface area contributed by atoms with Crippen LogP contribution in [0.25, 0.3) is 0 Å². The molecule has 0 bridgehead atoms. The molecule has 3 aliphatic heterocycles. The number of aliphatic hydroxyl groups excluding tert-OH is 1. The first-order valence-electron chi connectivity index (χ1n) is 9.88. The van der Waals surface area contributed by atoms with Crippen molar-refractivity contribution in [1.29, 1.82) is 0 Å². The number of hydrazine groups is 1. The number of likely N-dealkylation sites (tertiary alicyclic amines) is 1. The van der Waals surface area contributed by atoms with E-state index in [0.717, 1.165) is 24.4 Å². The molecule has 150 valence electrons. The summed E-state index contributed by atoms with van der Waals surface area (Å²) >= 11 is 0. The fourth-order valence-corrected chi connectivity index (χ4v) is 4.51. The van der Waals surface area contributed by atoms with Crippen molar-refractivity contribution in [2.24, 2.45) is 10.9 Å². The highest BCUT2D eigenvalue weighted by Gasteiger charge is 2.42. The van der Waals surface area contributed by atoms with Gasteiger partial charge >= 0.3 is 0 Å². The van der Waals surface area contributed by atoms with Gasteiger partial charge in [-0.1, -0.05) is 0 Å². The standard InChI is InChI=1S/C19H31N5O3/c1-11(2)27-12-4-5-14-13(6-12)19(23-22-14)15-7-18(21-10-20-15)24-8-16(25)17(9-24)26-3/h4,7,10-11,13-17,19,22-23,25H,5-6,8-9H2,1-3H3,(H,20,21)/t13-,14+,15+,16-,17-,19?/m0/s1. The first kappa shape index (κ1) is 18.7. The normalized spacial score (nSPS) is 38.5. The van der Waals surface area contributed by atoms with Gasteiger partial charge in [-0.25, -0.2) is 4.99 Å². The zero-order valence-corrected chi connectivity index (χ0v) is 16.3. The van der Waals surface area contributed by atoms with Gasteiger partial charge in [0.25, 0.3) is 0 Å². The average molecular weight is 377 g/mol. The van der Waals surface area contributed by atoms with E-state index in [4.69, 9.17) is 9.47 Å². The number of rotatable bonds is 5. The zero-order chi connectivity index (χ0) is 19.0. The highest BCUT2D eigenvalue weighted by atomic mass is 16.5. The first-order chi connectivity index (χ1) is 13.0. The molecule has 8 heteroatoms. The molecule has 27 heavy (non-hydrogen) atoms. The molecule has 1 aliphatic carbocycles. The molecule has 4 aliphatic rings. The topological polar surface area (TPSA) is 90.4 Å². The van der Waals surface area contributed by atoms with Crippen LogP contribution in [0.1, 0.15) is 26.7 Å². The van der Waals surface area contributed by atoms with Crippen molar-refractivity contribution in [3.8, 4) is 0 Å². The predicted octanol–water partition coefficient (Wildman–Crippen LogP) is 0.0833. The summed E-state index contributed by atoms with van der Waals surface area (Å²) in [6, 6.07) is 0.776. The summed E-state index contributed by atoms with van der Waals surface area (Å²) in [4.78, 5) is 6.59. The smallest absolute Gasteiger partial charge is 0.128 e. The Balaban J connectivity index is 1.45. The van der Waals surface area contributed by atoms with Crippen molar-refractivity contribution in [2.75, 3.05) is 20.2 Å². The van der Waals surface area contributed by atoms with E-state index in [1.54, 1.807) is 13.4 Å². The summed E-state index contributed by atoms with van der Waals surface area (Å²) in [7, 11) is 1.64. The van der Waals surface area contributed by atoms with Gasteiger partial charge in [-0.05, 0) is 32.4 Å². The molecule has 2 saturated heterocycles. The molecule has 0 saturated carbocycles. The Bertz CT molecular complexity index is 635. The number of methoxy groups -OCH3 is 1. The van der Waals surface area contributed by atoms with E-state index in [1.165, 1.54) is 0 Å². The van der Waals surface area contributed by atoms with E-state index in [2.05, 4.69) is 52.1 Å². The molecule has 0 amide bonds. The Morgan fingerprint density at radius 2 is 2.15 bits per heavy atom. The molecule has 0 spiro atoms. The fourth-order valence-electron chi connectivity index (χ4n) is 4.51. The summed E-state index contributed by atoms with van der Waals surface area (Å²) in [5.41, 5.74) is 6.93. The number of aliphatic imine (C=N–C) groups is 1. The van der Waals surface area contributed by atoms with Crippen molar-refractivity contribution in [2.45, 2.75) is 63.1 Å². The van der Waals surface area contributed by atoms with Gasteiger partial charge < -0.3 is 24.8 Å². The average Bonchev–Trinajstić information content (AvgIpc) is 3.24. The van der Waals surface area contributed by atoms with Crippen LogP contribution in [0.4, 0.5) is 0 Å². The molecule has 4 rings (SSSR count). The third-order valence-electron chi connectivity index (χ3n) is 5.88. The van der Waals surface area contributed by atoms with Crippen LogP contribution in [-0.4, -0.2) is 73.0 Å². The number of allylic oxidation sites excluding steroid dienone is 1. The van der Waals surface area contributed by atoms with Crippen molar-refractivity contribution in [3.05, 3.63) is 23.7 Å². The lowest BCUT2D eigenvalue weighted by Crippen LogP contribution is -2.49. The number of fused-ring (bicyclic) bond motifs is 1. The lowest BCUT2D eigenvalue weighted by atomic mass is 9.81. The van der Waals surface area contributed by atoms with Crippen LogP contribution in [0, 0.1) is 5.92 Å². The minimum atomic E-state index is -0.477. The number of aliphatic hydroxyl groups is 1. The number of hydrogen-bond acceptors (Lipinski definition) is 8. The van der Waals surface area contributed by atoms with Crippen LogP contribution in [0.15, 0.2) is 28.7 Å². The molecule has 0 radical (unpaired) electrons. The number of hydrogen-bond donors (Lipinski definition) is 4.